The van der Waals surface area contributed by atoms with Crippen LogP contribution in [0.5, 0.6) is 0 Å². The third kappa shape index (κ3) is 1.35. The maximum Gasteiger partial charge on any atom is 0.263 e. The summed E-state index contributed by atoms with van der Waals surface area (Å²) in [4.78, 5) is 10.1. The van der Waals surface area contributed by atoms with E-state index in [4.69, 9.17) is 0 Å². The normalized spacial score (nSPS) is 10.0. The van der Waals surface area contributed by atoms with E-state index >= 15 is 0 Å². The zero-order valence-corrected chi connectivity index (χ0v) is 6.54. The number of hydrazine groups is 1. The van der Waals surface area contributed by atoms with Gasteiger partial charge in [-0.15, -0.1) is 0 Å². The van der Waals surface area contributed by atoms with Gasteiger partial charge in [0.2, 0.25) is 0 Å². The number of nitrogens with one attached hydrogen (secondary N) is 2. The highest BCUT2D eigenvalue weighted by Crippen LogP contribution is 2.20. The summed E-state index contributed by atoms with van der Waals surface area (Å²) in [7, 11) is 0. The average Bonchev–Trinajstić information content (AvgIpc) is 2.70. The van der Waals surface area contributed by atoms with E-state index in [1.807, 2.05) is 5.43 Å². The van der Waals surface area contributed by atoms with Crippen molar-refractivity contribution in [3.63, 3.8) is 0 Å². The van der Waals surface area contributed by atoms with Crippen LogP contribution in [0, 0.1) is 10.1 Å². The van der Waals surface area contributed by atoms with Crippen molar-refractivity contribution >= 4 is 5.82 Å². The molecule has 10 heteroatoms. The van der Waals surface area contributed by atoms with Gasteiger partial charge in [0.1, 0.15) is 5.69 Å². The molecule has 2 rings (SSSR count). The van der Waals surface area contributed by atoms with Gasteiger partial charge in [-0.2, -0.15) is 15.4 Å². The van der Waals surface area contributed by atoms with Gasteiger partial charge in [-0.05, 0) is 10.3 Å². The number of H-pyrrole nitrogens is 1. The molecule has 2 aromatic heterocycles. The molecule has 0 amide bonds. The second-order valence-electron chi connectivity index (χ2n) is 2.19. The lowest BCUT2D eigenvalue weighted by Crippen LogP contribution is -2.08. The predicted octanol–water partition coefficient (Wildman–Crippen LogP) is -0.542. The number of nitrogens with zero attached hydrogens (tertiary/aromatic N) is 5. The molecule has 0 fully saturated rings. The molecular weight excluding hydrogens is 194 g/mol. The van der Waals surface area contributed by atoms with E-state index in [-0.39, 0.29) is 11.5 Å². The summed E-state index contributed by atoms with van der Waals surface area (Å²) in [5, 5.41) is 25.6. The zero-order chi connectivity index (χ0) is 9.97. The van der Waals surface area contributed by atoms with E-state index < -0.39 is 5.03 Å². The van der Waals surface area contributed by atoms with Gasteiger partial charge in [0, 0.05) is 0 Å². The Hall–Kier alpha value is -2.52. The second kappa shape index (κ2) is 3.08. The fourth-order valence-corrected chi connectivity index (χ4v) is 0.832. The molecule has 0 aromatic carbocycles. The van der Waals surface area contributed by atoms with E-state index in [2.05, 4.69) is 30.4 Å². The smallest absolute Gasteiger partial charge is 0.241 e. The zero-order valence-electron chi connectivity index (χ0n) is 6.54. The Morgan fingerprint density at radius 3 is 3.07 bits per heavy atom. The lowest BCUT2D eigenvalue weighted by molar-refractivity contribution is -0.445. The van der Waals surface area contributed by atoms with Crippen LogP contribution >= 0.6 is 0 Å². The van der Waals surface area contributed by atoms with Crippen LogP contribution in [-0.4, -0.2) is 30.8 Å². The van der Waals surface area contributed by atoms with Crippen molar-refractivity contribution < 1.29 is 9.66 Å². The van der Waals surface area contributed by atoms with Crippen LogP contribution < -0.4 is 5.43 Å². The van der Waals surface area contributed by atoms with Crippen molar-refractivity contribution in [3.05, 3.63) is 16.3 Å². The van der Waals surface area contributed by atoms with Crippen LogP contribution in [0.3, 0.4) is 0 Å². The highest BCUT2D eigenvalue weighted by molar-refractivity contribution is 5.65. The second-order valence-corrected chi connectivity index (χ2v) is 2.19. The van der Waals surface area contributed by atoms with Crippen molar-refractivity contribution in [1.82, 2.24) is 25.7 Å². The van der Waals surface area contributed by atoms with E-state index in [1.165, 1.54) is 6.20 Å². The molecule has 2 N–H and O–H groups in total. The van der Waals surface area contributed by atoms with Crippen LogP contribution in [-0.2, 0) is 0 Å². The Morgan fingerprint density at radius 2 is 2.43 bits per heavy atom. The van der Waals surface area contributed by atoms with Gasteiger partial charge < -0.3 is 0 Å². The molecule has 10 nitrogen and oxygen atoms in total. The number of anilines is 1. The fourth-order valence-electron chi connectivity index (χ4n) is 0.832. The molecule has 0 saturated carbocycles. The van der Waals surface area contributed by atoms with E-state index in [0.717, 1.165) is 0 Å². The molecule has 0 radical (unpaired) electrons. The van der Waals surface area contributed by atoms with Crippen LogP contribution in [0.4, 0.5) is 5.82 Å². The van der Waals surface area contributed by atoms with E-state index in [9.17, 15) is 10.1 Å². The molecule has 0 aliphatic carbocycles. The number of rotatable bonds is 3. The van der Waals surface area contributed by atoms with Crippen LogP contribution in [0.1, 0.15) is 0 Å². The first-order valence-corrected chi connectivity index (χ1v) is 3.37. The SMILES string of the molecule is O=[N+]([O-])Nc1nonc1-c1cn[nH]n1. The first-order chi connectivity index (χ1) is 6.77. The van der Waals surface area contributed by atoms with Crippen molar-refractivity contribution in [2.45, 2.75) is 0 Å². The third-order valence-corrected chi connectivity index (χ3v) is 1.34. The lowest BCUT2D eigenvalue weighted by atomic mass is 10.3. The van der Waals surface area contributed by atoms with Crippen LogP contribution in [0.25, 0.3) is 11.4 Å². The van der Waals surface area contributed by atoms with Gasteiger partial charge in [-0.1, -0.05) is 5.43 Å². The van der Waals surface area contributed by atoms with Crippen molar-refractivity contribution in [3.8, 4) is 11.4 Å². The van der Waals surface area contributed by atoms with Gasteiger partial charge in [-0.3, -0.25) is 0 Å². The van der Waals surface area contributed by atoms with Gasteiger partial charge in [0.05, 0.1) is 6.20 Å². The minimum atomic E-state index is -0.775. The Labute approximate surface area is 75.4 Å². The first kappa shape index (κ1) is 8.10. The molecule has 2 heterocycles. The highest BCUT2D eigenvalue weighted by Gasteiger charge is 2.17. The number of hydrogen-bond acceptors (Lipinski definition) is 7. The van der Waals surface area contributed by atoms with Crippen molar-refractivity contribution in [1.29, 1.82) is 0 Å². The molecule has 0 spiro atoms. The minimum Gasteiger partial charge on any atom is -0.241 e. The Balaban J connectivity index is 2.35. The number of hydrogen-bond donors (Lipinski definition) is 2. The number of aromatic amines is 1. The highest BCUT2D eigenvalue weighted by atomic mass is 16.7. The van der Waals surface area contributed by atoms with Crippen molar-refractivity contribution in [2.75, 3.05) is 5.43 Å². The summed E-state index contributed by atoms with van der Waals surface area (Å²) in [5.41, 5.74) is 2.24. The van der Waals surface area contributed by atoms with Crippen LogP contribution in [0.15, 0.2) is 10.8 Å². The largest absolute Gasteiger partial charge is 0.263 e. The molecule has 2 aromatic rings. The third-order valence-electron chi connectivity index (χ3n) is 1.34. The Kier molecular flexibility index (Phi) is 1.78. The Morgan fingerprint density at radius 1 is 1.57 bits per heavy atom. The fraction of sp³-hybridized carbons (Fsp3) is 0. The summed E-state index contributed by atoms with van der Waals surface area (Å²) < 4.78 is 4.32. The predicted molar refractivity (Wildman–Crippen MR) is 40.3 cm³/mol. The van der Waals surface area contributed by atoms with Crippen molar-refractivity contribution in [2.24, 2.45) is 0 Å². The van der Waals surface area contributed by atoms with Gasteiger partial charge in [0.15, 0.2) is 10.7 Å². The Bertz CT molecular complexity index is 433. The summed E-state index contributed by atoms with van der Waals surface area (Å²) in [6, 6.07) is 0. The molecule has 0 aliphatic rings. The summed E-state index contributed by atoms with van der Waals surface area (Å²) in [5.74, 6) is -0.121. The summed E-state index contributed by atoms with van der Waals surface area (Å²) in [6.45, 7) is 0. The van der Waals surface area contributed by atoms with E-state index in [1.54, 1.807) is 0 Å². The maximum absolute atomic E-state index is 10.1. The standard InChI is InChI=1S/C4H3N7O3/c12-11(13)7-4-3(8-14-9-4)2-1-5-10-6-2/h1H,(H,7,9)(H,5,6,10). The molecule has 0 unspecified atom stereocenters. The molecule has 0 bridgehead atoms. The van der Waals surface area contributed by atoms with E-state index in [0.29, 0.717) is 5.69 Å². The quantitative estimate of drug-likeness (QED) is 0.494. The van der Waals surface area contributed by atoms with Crippen LogP contribution in [0.2, 0.25) is 0 Å². The molecule has 0 saturated heterocycles. The average molecular weight is 197 g/mol. The molecule has 14 heavy (non-hydrogen) atoms. The van der Waals surface area contributed by atoms with Gasteiger partial charge in [-0.25, -0.2) is 14.7 Å². The maximum atomic E-state index is 10.1. The molecular formula is C4H3N7O3. The number of aromatic nitrogens is 5. The molecule has 0 atom stereocenters. The molecule has 0 aliphatic heterocycles. The lowest BCUT2D eigenvalue weighted by Gasteiger charge is -1.90. The summed E-state index contributed by atoms with van der Waals surface area (Å²) in [6.07, 6.45) is 1.34. The van der Waals surface area contributed by atoms with Gasteiger partial charge >= 0.3 is 0 Å². The monoisotopic (exact) mass is 197 g/mol. The topological polar surface area (TPSA) is 136 Å². The van der Waals surface area contributed by atoms with Gasteiger partial charge in [0.25, 0.3) is 5.82 Å². The molecule has 72 valence electrons. The minimum absolute atomic E-state index is 0.121. The summed E-state index contributed by atoms with van der Waals surface area (Å²) >= 11 is 0. The number of nitro groups is 1. The first-order valence-electron chi connectivity index (χ1n) is 3.37.